The summed E-state index contributed by atoms with van der Waals surface area (Å²) in [7, 11) is 0. The first-order chi connectivity index (χ1) is 8.61. The molecular weight excluding hydrogens is 231 g/mol. The molecule has 0 fully saturated rings. The molecule has 1 amide bonds. The van der Waals surface area contributed by atoms with Crippen LogP contribution in [0.3, 0.4) is 0 Å². The van der Waals surface area contributed by atoms with Crippen molar-refractivity contribution in [1.82, 2.24) is 5.32 Å². The molecule has 1 unspecified atom stereocenters. The molecular formula is C14H21FN2O. The lowest BCUT2D eigenvalue weighted by Gasteiger charge is -2.08. The van der Waals surface area contributed by atoms with Crippen molar-refractivity contribution in [3.8, 4) is 0 Å². The molecule has 0 heterocycles. The predicted octanol–water partition coefficient (Wildman–Crippen LogP) is 1.86. The topological polar surface area (TPSA) is 55.1 Å². The van der Waals surface area contributed by atoms with Gasteiger partial charge in [0, 0.05) is 13.0 Å². The van der Waals surface area contributed by atoms with Crippen LogP contribution < -0.4 is 11.1 Å². The third kappa shape index (κ3) is 5.77. The number of rotatable bonds is 7. The van der Waals surface area contributed by atoms with Gasteiger partial charge in [-0.1, -0.05) is 19.1 Å². The second kappa shape index (κ2) is 7.82. The summed E-state index contributed by atoms with van der Waals surface area (Å²) in [4.78, 5) is 11.5. The molecule has 1 aromatic rings. The van der Waals surface area contributed by atoms with E-state index >= 15 is 0 Å². The van der Waals surface area contributed by atoms with Crippen LogP contribution in [0.5, 0.6) is 0 Å². The molecule has 3 nitrogen and oxygen atoms in total. The number of nitrogens with two attached hydrogens (primary N) is 1. The Balaban J connectivity index is 2.19. The lowest BCUT2D eigenvalue weighted by molar-refractivity contribution is -0.121. The second-order valence-corrected chi connectivity index (χ2v) is 4.61. The maximum Gasteiger partial charge on any atom is 0.220 e. The summed E-state index contributed by atoms with van der Waals surface area (Å²) in [5, 5.41) is 2.83. The molecule has 0 spiro atoms. The molecule has 18 heavy (non-hydrogen) atoms. The van der Waals surface area contributed by atoms with E-state index in [2.05, 4.69) is 5.32 Å². The minimum Gasteiger partial charge on any atom is -0.356 e. The SMILES string of the molecule is CC(CN)CCC(=O)NCCc1cccc(F)c1. The Kier molecular flexibility index (Phi) is 6.36. The molecule has 0 aliphatic rings. The first kappa shape index (κ1) is 14.6. The Bertz CT molecular complexity index is 382. The van der Waals surface area contributed by atoms with Crippen molar-refractivity contribution in [2.45, 2.75) is 26.2 Å². The monoisotopic (exact) mass is 252 g/mol. The molecule has 0 aliphatic carbocycles. The van der Waals surface area contributed by atoms with Gasteiger partial charge in [0.2, 0.25) is 5.91 Å². The fourth-order valence-corrected chi connectivity index (χ4v) is 1.62. The van der Waals surface area contributed by atoms with E-state index in [1.165, 1.54) is 12.1 Å². The average Bonchev–Trinajstić information content (AvgIpc) is 2.36. The fourth-order valence-electron chi connectivity index (χ4n) is 1.62. The van der Waals surface area contributed by atoms with Gasteiger partial charge in [-0.05, 0) is 43.0 Å². The van der Waals surface area contributed by atoms with Gasteiger partial charge >= 0.3 is 0 Å². The third-order valence-corrected chi connectivity index (χ3v) is 2.89. The van der Waals surface area contributed by atoms with Gasteiger partial charge in [0.05, 0.1) is 0 Å². The first-order valence-corrected chi connectivity index (χ1v) is 6.33. The van der Waals surface area contributed by atoms with Crippen LogP contribution in [0.25, 0.3) is 0 Å². The summed E-state index contributed by atoms with van der Waals surface area (Å²) in [6.07, 6.45) is 1.96. The first-order valence-electron chi connectivity index (χ1n) is 6.33. The van der Waals surface area contributed by atoms with E-state index in [1.807, 2.05) is 13.0 Å². The van der Waals surface area contributed by atoms with Gasteiger partial charge in [0.15, 0.2) is 0 Å². The molecule has 3 N–H and O–H groups in total. The highest BCUT2D eigenvalue weighted by atomic mass is 19.1. The molecule has 0 aliphatic heterocycles. The Hall–Kier alpha value is -1.42. The summed E-state index contributed by atoms with van der Waals surface area (Å²) in [5.74, 6) is 0.168. The Morgan fingerprint density at radius 1 is 1.50 bits per heavy atom. The minimum absolute atomic E-state index is 0.0340. The van der Waals surface area contributed by atoms with Crippen molar-refractivity contribution in [2.75, 3.05) is 13.1 Å². The van der Waals surface area contributed by atoms with Gasteiger partial charge in [-0.15, -0.1) is 0 Å². The maximum absolute atomic E-state index is 12.9. The molecule has 4 heteroatoms. The largest absolute Gasteiger partial charge is 0.356 e. The van der Waals surface area contributed by atoms with Crippen molar-refractivity contribution < 1.29 is 9.18 Å². The maximum atomic E-state index is 12.9. The number of carbonyl (C=O) groups excluding carboxylic acids is 1. The van der Waals surface area contributed by atoms with Crippen LogP contribution in [0.1, 0.15) is 25.3 Å². The smallest absolute Gasteiger partial charge is 0.220 e. The van der Waals surface area contributed by atoms with Crippen LogP contribution in [-0.2, 0) is 11.2 Å². The van der Waals surface area contributed by atoms with Gasteiger partial charge in [0.25, 0.3) is 0 Å². The summed E-state index contributed by atoms with van der Waals surface area (Å²) in [5.41, 5.74) is 6.38. The van der Waals surface area contributed by atoms with E-state index in [1.54, 1.807) is 6.07 Å². The molecule has 0 saturated carbocycles. The van der Waals surface area contributed by atoms with Crippen LogP contribution >= 0.6 is 0 Å². The van der Waals surface area contributed by atoms with E-state index in [4.69, 9.17) is 5.73 Å². The highest BCUT2D eigenvalue weighted by Gasteiger charge is 2.05. The van der Waals surface area contributed by atoms with Gasteiger partial charge in [0.1, 0.15) is 5.82 Å². The van der Waals surface area contributed by atoms with Crippen LogP contribution in [0.15, 0.2) is 24.3 Å². The lowest BCUT2D eigenvalue weighted by atomic mass is 10.1. The number of hydrogen-bond donors (Lipinski definition) is 2. The second-order valence-electron chi connectivity index (χ2n) is 4.61. The van der Waals surface area contributed by atoms with Crippen molar-refractivity contribution in [2.24, 2.45) is 11.7 Å². The molecule has 0 radical (unpaired) electrons. The zero-order valence-electron chi connectivity index (χ0n) is 10.8. The molecule has 100 valence electrons. The number of nitrogens with one attached hydrogen (secondary N) is 1. The summed E-state index contributed by atoms with van der Waals surface area (Å²) in [6, 6.07) is 6.43. The summed E-state index contributed by atoms with van der Waals surface area (Å²) >= 11 is 0. The van der Waals surface area contributed by atoms with Crippen molar-refractivity contribution >= 4 is 5.91 Å². The number of carbonyl (C=O) groups is 1. The van der Waals surface area contributed by atoms with E-state index < -0.39 is 0 Å². The van der Waals surface area contributed by atoms with Crippen molar-refractivity contribution in [3.63, 3.8) is 0 Å². The van der Waals surface area contributed by atoms with Gasteiger partial charge in [-0.2, -0.15) is 0 Å². The van der Waals surface area contributed by atoms with Crippen LogP contribution in [-0.4, -0.2) is 19.0 Å². The van der Waals surface area contributed by atoms with E-state index in [-0.39, 0.29) is 11.7 Å². The zero-order valence-corrected chi connectivity index (χ0v) is 10.8. The molecule has 0 aromatic heterocycles. The molecule has 1 atom stereocenters. The predicted molar refractivity (Wildman–Crippen MR) is 70.6 cm³/mol. The van der Waals surface area contributed by atoms with Crippen LogP contribution in [0.4, 0.5) is 4.39 Å². The molecule has 1 aromatic carbocycles. The Labute approximate surface area is 108 Å². The van der Waals surface area contributed by atoms with Gasteiger partial charge < -0.3 is 11.1 Å². The normalized spacial score (nSPS) is 12.2. The quantitative estimate of drug-likeness (QED) is 0.778. The van der Waals surface area contributed by atoms with Crippen molar-refractivity contribution in [1.29, 1.82) is 0 Å². The molecule has 0 saturated heterocycles. The Morgan fingerprint density at radius 3 is 2.94 bits per heavy atom. The van der Waals surface area contributed by atoms with Gasteiger partial charge in [-0.25, -0.2) is 4.39 Å². The zero-order chi connectivity index (χ0) is 13.4. The molecule has 1 rings (SSSR count). The minimum atomic E-state index is -0.240. The number of halogens is 1. The summed E-state index contributed by atoms with van der Waals surface area (Å²) < 4.78 is 12.9. The summed E-state index contributed by atoms with van der Waals surface area (Å²) in [6.45, 7) is 3.18. The number of benzene rings is 1. The average molecular weight is 252 g/mol. The van der Waals surface area contributed by atoms with Crippen LogP contribution in [0.2, 0.25) is 0 Å². The lowest BCUT2D eigenvalue weighted by Crippen LogP contribution is -2.26. The standard InChI is InChI=1S/C14H21FN2O/c1-11(10-16)5-6-14(18)17-8-7-12-3-2-4-13(15)9-12/h2-4,9,11H,5-8,10,16H2,1H3,(H,17,18). The van der Waals surface area contributed by atoms with E-state index in [9.17, 15) is 9.18 Å². The Morgan fingerprint density at radius 2 is 2.28 bits per heavy atom. The van der Waals surface area contributed by atoms with E-state index in [0.717, 1.165) is 12.0 Å². The highest BCUT2D eigenvalue weighted by Crippen LogP contribution is 2.04. The van der Waals surface area contributed by atoms with Crippen molar-refractivity contribution in [3.05, 3.63) is 35.6 Å². The number of hydrogen-bond acceptors (Lipinski definition) is 2. The highest BCUT2D eigenvalue weighted by molar-refractivity contribution is 5.75. The van der Waals surface area contributed by atoms with Crippen LogP contribution in [0, 0.1) is 11.7 Å². The molecule has 0 bridgehead atoms. The van der Waals surface area contributed by atoms with E-state index in [0.29, 0.717) is 31.8 Å². The van der Waals surface area contributed by atoms with Gasteiger partial charge in [-0.3, -0.25) is 4.79 Å². The third-order valence-electron chi connectivity index (χ3n) is 2.89. The number of amides is 1. The fraction of sp³-hybridized carbons (Fsp3) is 0.500.